The number of nitrogens with two attached hydrogens (primary N) is 1. The molecule has 1 aliphatic rings. The van der Waals surface area contributed by atoms with Crippen LogP contribution in [0.2, 0.25) is 5.02 Å². The lowest BCUT2D eigenvalue weighted by Crippen LogP contribution is -2.30. The molecule has 1 aromatic heterocycles. The second-order valence-electron chi connectivity index (χ2n) is 4.65. The van der Waals surface area contributed by atoms with Gasteiger partial charge in [0.2, 0.25) is 5.89 Å². The maximum atomic E-state index is 6.20. The van der Waals surface area contributed by atoms with Crippen molar-refractivity contribution in [2.75, 3.05) is 6.54 Å². The Morgan fingerprint density at radius 1 is 1.40 bits per heavy atom. The number of halogens is 2. The average Bonchev–Trinajstić information content (AvgIpc) is 2.86. The third-order valence-corrected chi connectivity index (χ3v) is 3.69. The van der Waals surface area contributed by atoms with Gasteiger partial charge in [-0.15, -0.1) is 12.4 Å². The Bertz CT molecular complexity index is 588. The largest absolute Gasteiger partial charge is 0.338 e. The molecule has 0 bridgehead atoms. The maximum absolute atomic E-state index is 6.20. The van der Waals surface area contributed by atoms with Crippen molar-refractivity contribution in [1.29, 1.82) is 0 Å². The number of nitrogens with zero attached hydrogens (tertiary/aromatic N) is 3. The van der Waals surface area contributed by atoms with Gasteiger partial charge in [0.1, 0.15) is 0 Å². The minimum absolute atomic E-state index is 0. The fraction of sp³-hybridized carbons (Fsp3) is 0.385. The summed E-state index contributed by atoms with van der Waals surface area (Å²) in [7, 11) is 0. The highest BCUT2D eigenvalue weighted by Gasteiger charge is 2.19. The molecule has 2 N–H and O–H groups in total. The first-order valence-corrected chi connectivity index (χ1v) is 6.64. The molecule has 2 heterocycles. The molecule has 0 saturated heterocycles. The highest BCUT2D eigenvalue weighted by atomic mass is 35.5. The molecule has 1 aromatic carbocycles. The van der Waals surface area contributed by atoms with Gasteiger partial charge in [-0.2, -0.15) is 4.98 Å². The molecule has 0 fully saturated rings. The van der Waals surface area contributed by atoms with Crippen molar-refractivity contribution in [1.82, 2.24) is 15.0 Å². The van der Waals surface area contributed by atoms with E-state index in [1.54, 1.807) is 0 Å². The zero-order valence-electron chi connectivity index (χ0n) is 10.9. The van der Waals surface area contributed by atoms with Gasteiger partial charge >= 0.3 is 0 Å². The normalized spacial score (nSPS) is 14.7. The minimum atomic E-state index is 0. The molecule has 0 unspecified atom stereocenters. The minimum Gasteiger partial charge on any atom is -0.338 e. The average molecular weight is 315 g/mol. The van der Waals surface area contributed by atoms with Crippen molar-refractivity contribution >= 4 is 24.0 Å². The van der Waals surface area contributed by atoms with Crippen LogP contribution in [0.1, 0.15) is 22.8 Å². The summed E-state index contributed by atoms with van der Waals surface area (Å²) in [6, 6.07) is 6.06. The fourth-order valence-electron chi connectivity index (χ4n) is 2.39. The zero-order valence-corrected chi connectivity index (χ0v) is 12.5. The van der Waals surface area contributed by atoms with Gasteiger partial charge in [0, 0.05) is 18.1 Å². The van der Waals surface area contributed by atoms with E-state index in [0.29, 0.717) is 18.3 Å². The highest BCUT2D eigenvalue weighted by Crippen LogP contribution is 2.26. The fourth-order valence-corrected chi connectivity index (χ4v) is 2.68. The molecule has 5 nitrogen and oxygen atoms in total. The summed E-state index contributed by atoms with van der Waals surface area (Å²) >= 11 is 6.20. The van der Waals surface area contributed by atoms with Crippen molar-refractivity contribution in [3.8, 4) is 0 Å². The summed E-state index contributed by atoms with van der Waals surface area (Å²) in [6.07, 6.45) is 0.955. The van der Waals surface area contributed by atoms with Crippen LogP contribution >= 0.6 is 24.0 Å². The highest BCUT2D eigenvalue weighted by molar-refractivity contribution is 6.31. The van der Waals surface area contributed by atoms with Crippen molar-refractivity contribution in [3.63, 3.8) is 0 Å². The second kappa shape index (κ2) is 6.54. The van der Waals surface area contributed by atoms with Gasteiger partial charge in [0.15, 0.2) is 5.82 Å². The number of aromatic nitrogens is 2. The molecular formula is C13H16Cl2N4O. The number of fused-ring (bicyclic) bond motifs is 1. The second-order valence-corrected chi connectivity index (χ2v) is 5.05. The smallest absolute Gasteiger partial charge is 0.240 e. The van der Waals surface area contributed by atoms with E-state index in [9.17, 15) is 0 Å². The van der Waals surface area contributed by atoms with Gasteiger partial charge in [-0.05, 0) is 23.6 Å². The summed E-state index contributed by atoms with van der Waals surface area (Å²) in [5.41, 5.74) is 7.99. The Morgan fingerprint density at radius 3 is 3.00 bits per heavy atom. The third kappa shape index (κ3) is 3.12. The van der Waals surface area contributed by atoms with Crippen LogP contribution < -0.4 is 5.73 Å². The van der Waals surface area contributed by atoms with Crippen molar-refractivity contribution < 1.29 is 4.52 Å². The van der Waals surface area contributed by atoms with Crippen molar-refractivity contribution in [2.24, 2.45) is 5.73 Å². The summed E-state index contributed by atoms with van der Waals surface area (Å²) in [5.74, 6) is 1.17. The number of hydrogen-bond acceptors (Lipinski definition) is 5. The van der Waals surface area contributed by atoms with Gasteiger partial charge in [0.05, 0.1) is 13.1 Å². The third-order valence-electron chi connectivity index (χ3n) is 3.34. The number of hydrogen-bond donors (Lipinski definition) is 1. The molecule has 108 valence electrons. The van der Waals surface area contributed by atoms with Gasteiger partial charge < -0.3 is 10.3 Å². The topological polar surface area (TPSA) is 68.2 Å². The first-order chi connectivity index (χ1) is 9.26. The Hall–Kier alpha value is -1.14. The van der Waals surface area contributed by atoms with E-state index >= 15 is 0 Å². The Kier molecular flexibility index (Phi) is 4.99. The molecule has 0 saturated carbocycles. The molecule has 0 aliphatic carbocycles. The van der Waals surface area contributed by atoms with Gasteiger partial charge in [0.25, 0.3) is 0 Å². The molecule has 7 heteroatoms. The first-order valence-electron chi connectivity index (χ1n) is 6.26. The SMILES string of the molecule is Cl.NCc1nc(CN2CCc3c(Cl)cccc3C2)no1. The van der Waals surface area contributed by atoms with Crippen LogP contribution in [0.15, 0.2) is 22.7 Å². The number of rotatable bonds is 3. The zero-order chi connectivity index (χ0) is 13.2. The van der Waals surface area contributed by atoms with E-state index in [4.69, 9.17) is 21.9 Å². The first kappa shape index (κ1) is 15.3. The van der Waals surface area contributed by atoms with Crippen LogP contribution in [0, 0.1) is 0 Å². The van der Waals surface area contributed by atoms with Crippen LogP contribution in [0.25, 0.3) is 0 Å². The molecule has 20 heavy (non-hydrogen) atoms. The standard InChI is InChI=1S/C13H15ClN4O.ClH/c14-11-3-1-2-9-7-18(5-4-10(9)11)8-12-16-13(6-15)19-17-12;/h1-3H,4-8,15H2;1H. The van der Waals surface area contributed by atoms with E-state index in [0.717, 1.165) is 24.5 Å². The summed E-state index contributed by atoms with van der Waals surface area (Å²) in [5, 5.41) is 4.78. The molecule has 2 aromatic rings. The monoisotopic (exact) mass is 314 g/mol. The van der Waals surface area contributed by atoms with E-state index in [1.807, 2.05) is 12.1 Å². The Balaban J connectivity index is 0.00000147. The molecule has 1 aliphatic heterocycles. The molecule has 0 amide bonds. The summed E-state index contributed by atoms with van der Waals surface area (Å²) < 4.78 is 5.01. The lowest BCUT2D eigenvalue weighted by Gasteiger charge is -2.28. The van der Waals surface area contributed by atoms with E-state index in [1.165, 1.54) is 11.1 Å². The Morgan fingerprint density at radius 2 is 2.25 bits per heavy atom. The van der Waals surface area contributed by atoms with E-state index in [2.05, 4.69) is 21.1 Å². The Labute approximate surface area is 128 Å². The molecule has 0 spiro atoms. The van der Waals surface area contributed by atoms with Crippen LogP contribution in [-0.2, 0) is 26.1 Å². The molecule has 0 radical (unpaired) electrons. The predicted molar refractivity (Wildman–Crippen MR) is 78.7 cm³/mol. The van der Waals surface area contributed by atoms with Gasteiger partial charge in [-0.1, -0.05) is 28.9 Å². The van der Waals surface area contributed by atoms with E-state index in [-0.39, 0.29) is 19.0 Å². The van der Waals surface area contributed by atoms with Gasteiger partial charge in [-0.25, -0.2) is 0 Å². The molecule has 0 atom stereocenters. The van der Waals surface area contributed by atoms with Crippen LogP contribution in [0.3, 0.4) is 0 Å². The van der Waals surface area contributed by atoms with E-state index < -0.39 is 0 Å². The van der Waals surface area contributed by atoms with Crippen LogP contribution in [0.5, 0.6) is 0 Å². The summed E-state index contributed by atoms with van der Waals surface area (Å²) in [6.45, 7) is 2.77. The molecular weight excluding hydrogens is 299 g/mol. The quantitative estimate of drug-likeness (QED) is 0.940. The van der Waals surface area contributed by atoms with Crippen LogP contribution in [-0.4, -0.2) is 21.6 Å². The van der Waals surface area contributed by atoms with Crippen molar-refractivity contribution in [2.45, 2.75) is 26.1 Å². The summed E-state index contributed by atoms with van der Waals surface area (Å²) in [4.78, 5) is 6.51. The predicted octanol–water partition coefficient (Wildman–Crippen LogP) is 2.16. The molecule has 3 rings (SSSR count). The lowest BCUT2D eigenvalue weighted by molar-refractivity contribution is 0.235. The van der Waals surface area contributed by atoms with Gasteiger partial charge in [-0.3, -0.25) is 4.90 Å². The van der Waals surface area contributed by atoms with Crippen LogP contribution in [0.4, 0.5) is 0 Å². The lowest BCUT2D eigenvalue weighted by atomic mass is 10.00. The van der Waals surface area contributed by atoms with Crippen molar-refractivity contribution in [3.05, 3.63) is 46.1 Å². The number of benzene rings is 1. The maximum Gasteiger partial charge on any atom is 0.240 e.